The summed E-state index contributed by atoms with van der Waals surface area (Å²) in [5, 5.41) is 0. The monoisotopic (exact) mass is 1240 g/mol. The molecule has 82 heavy (non-hydrogen) atoms. The normalized spacial score (nSPS) is 16.4. The first-order valence-electron chi connectivity index (χ1n) is 29.0. The summed E-state index contributed by atoms with van der Waals surface area (Å²) in [6.07, 6.45) is 0. The van der Waals surface area contributed by atoms with Gasteiger partial charge in [-0.15, -0.1) is 0 Å². The fourth-order valence-corrected chi connectivity index (χ4v) is 18.2. The Kier molecular flexibility index (Phi) is 9.56. The van der Waals surface area contributed by atoms with Gasteiger partial charge in [-0.25, -0.2) is 0 Å². The summed E-state index contributed by atoms with van der Waals surface area (Å²) in [4.78, 5) is 10.6. The number of nitrogens with zero attached hydrogens (tertiary/aromatic N) is 4. The van der Waals surface area contributed by atoms with Crippen LogP contribution in [0.2, 0.25) is 0 Å². The molecule has 0 spiro atoms. The van der Waals surface area contributed by atoms with Crippen LogP contribution >= 0.6 is 0 Å². The average molecular weight is 1240 g/mol. The van der Waals surface area contributed by atoms with E-state index in [0.717, 1.165) is 45.6 Å². The van der Waals surface area contributed by atoms with E-state index in [9.17, 15) is 0 Å². The van der Waals surface area contributed by atoms with Crippen molar-refractivity contribution in [2.45, 2.75) is 90.9 Å². The van der Waals surface area contributed by atoms with Crippen molar-refractivity contribution in [2.24, 2.45) is 0 Å². The quantitative estimate of drug-likeness (QED) is 0.150. The number of hydrogen-bond donors (Lipinski definition) is 0. The molecule has 0 saturated carbocycles. The van der Waals surface area contributed by atoms with Gasteiger partial charge in [-0.05, 0) is 0 Å². The first-order valence-corrected chi connectivity index (χ1v) is 31.2. The molecule has 10 aromatic carbocycles. The molecule has 0 atom stereocenters. The summed E-state index contributed by atoms with van der Waals surface area (Å²) in [5.74, 6) is 1.59. The topological polar surface area (TPSA) is 22.2 Å². The van der Waals surface area contributed by atoms with Crippen molar-refractivity contribution in [3.05, 3.63) is 228 Å². The molecular weight excluding hydrogens is 1180 g/mol. The van der Waals surface area contributed by atoms with Crippen molar-refractivity contribution < 1.29 is 22.4 Å². The van der Waals surface area contributed by atoms with Gasteiger partial charge in [-0.1, -0.05) is 0 Å². The van der Waals surface area contributed by atoms with E-state index in [0.29, 0.717) is 0 Å². The van der Waals surface area contributed by atoms with E-state index < -0.39 is 17.6 Å². The van der Waals surface area contributed by atoms with Crippen LogP contribution in [0.4, 0.5) is 45.5 Å². The Balaban J connectivity index is 1.17. The molecule has 0 aromatic heterocycles. The van der Waals surface area contributed by atoms with E-state index in [-0.39, 0.29) is 21.7 Å². The number of rotatable bonds is 0. The van der Waals surface area contributed by atoms with Gasteiger partial charge in [0.15, 0.2) is 0 Å². The van der Waals surface area contributed by atoms with E-state index in [1.54, 1.807) is 0 Å². The van der Waals surface area contributed by atoms with Crippen molar-refractivity contribution >= 4 is 53.8 Å². The number of hydrogen-bond acceptors (Lipinski definition) is 5. The average Bonchev–Trinajstić information content (AvgIpc) is 2.56. The molecule has 5 nitrogen and oxygen atoms in total. The van der Waals surface area contributed by atoms with Crippen LogP contribution in [0, 0.1) is 0 Å². The summed E-state index contributed by atoms with van der Waals surface area (Å²) in [5.41, 5.74) is 31.2. The molecule has 0 unspecified atom stereocenters. The molecule has 5 aliphatic heterocycles. The maximum absolute atomic E-state index is 7.00. The number of para-hydroxylation sites is 4. The van der Waals surface area contributed by atoms with E-state index in [4.69, 9.17) is 4.74 Å². The summed E-state index contributed by atoms with van der Waals surface area (Å²) in [6, 6.07) is 76.0. The third-order valence-electron chi connectivity index (χ3n) is 18.9. The van der Waals surface area contributed by atoms with Gasteiger partial charge in [0.1, 0.15) is 0 Å². The summed E-state index contributed by atoms with van der Waals surface area (Å²) < 4.78 is 9.46. The molecule has 7 aliphatic rings. The Morgan fingerprint density at radius 2 is 0.646 bits per heavy atom. The van der Waals surface area contributed by atoms with Crippen LogP contribution in [0.25, 0.3) is 66.8 Å². The van der Waals surface area contributed by atoms with Gasteiger partial charge in [0.2, 0.25) is 0 Å². The number of anilines is 8. The van der Waals surface area contributed by atoms with E-state index in [2.05, 4.69) is 283 Å². The predicted octanol–water partition coefficient (Wildman–Crippen LogP) is 19.8. The number of benzene rings is 10. The second-order valence-electron chi connectivity index (χ2n) is 26.6. The zero-order valence-electron chi connectivity index (χ0n) is 48.0. The minimum absolute atomic E-state index is 0.182. The van der Waals surface area contributed by atoms with Crippen molar-refractivity contribution in [1.29, 1.82) is 0 Å². The molecule has 2 aliphatic carbocycles. The first-order chi connectivity index (χ1) is 39.4. The molecule has 0 saturated heterocycles. The number of fused-ring (bicyclic) bond motifs is 18. The maximum atomic E-state index is 7.00. The molecule has 6 heteroatoms. The van der Waals surface area contributed by atoms with Crippen LogP contribution < -0.4 is 24.3 Å². The Bertz CT molecular complexity index is 4210. The molecule has 402 valence electrons. The molecule has 10 aromatic rings. The van der Waals surface area contributed by atoms with Gasteiger partial charge in [-0.2, -0.15) is 0 Å². The zero-order chi connectivity index (χ0) is 55.7. The van der Waals surface area contributed by atoms with Crippen molar-refractivity contribution in [2.75, 3.05) is 19.6 Å². The van der Waals surface area contributed by atoms with E-state index >= 15 is 0 Å². The summed E-state index contributed by atoms with van der Waals surface area (Å²) in [7, 11) is 0. The van der Waals surface area contributed by atoms with Crippen LogP contribution in [0.5, 0.6) is 11.5 Å². The fraction of sp³-hybridized carbons (Fsp3) is 0.184. The minimum atomic E-state index is -1.25. The Labute approximate surface area is 489 Å². The van der Waals surface area contributed by atoms with Gasteiger partial charge in [0.05, 0.1) is 0 Å². The Morgan fingerprint density at radius 3 is 0.963 bits per heavy atom. The Hall–Kier alpha value is -8.37. The van der Waals surface area contributed by atoms with Crippen molar-refractivity contribution in [3.63, 3.8) is 0 Å². The van der Waals surface area contributed by atoms with Crippen LogP contribution in [0.1, 0.15) is 103 Å². The standard InChI is InChI=1S/C76H62N4O.Pt/c1-73(2,3)49-37-55-45-25-29-63-59(33-45)61-35-47(27-31-65(61)75(63,7)8)57-39-50(74(4,5)6)40-58-48-28-32-66-62(36-48)60-34-46(26-30-64(60)76(66,9)10)56(38-49)71(55)79-43-77(67-21-11-13-23-69(67)79)51-17-15-19-53(41-51)81-54-20-16-18-52(42-54)78-44-80(72(57)58)70-24-14-12-22-68(70)78;/h11-42H,1-10H3;. The van der Waals surface area contributed by atoms with Gasteiger partial charge in [0.25, 0.3) is 0 Å². The molecule has 17 rings (SSSR count). The molecule has 0 N–H and O–H groups in total. The van der Waals surface area contributed by atoms with Gasteiger partial charge in [0, 0.05) is 0 Å². The van der Waals surface area contributed by atoms with Crippen LogP contribution in [0.15, 0.2) is 194 Å². The summed E-state index contributed by atoms with van der Waals surface area (Å²) in [6.45, 7) is 24.0. The van der Waals surface area contributed by atoms with Crippen molar-refractivity contribution in [3.8, 4) is 78.3 Å². The first kappa shape index (κ1) is 48.3. The molecule has 16 bridgehead atoms. The van der Waals surface area contributed by atoms with Crippen LogP contribution in [-0.2, 0) is 39.3 Å². The third kappa shape index (κ3) is 6.55. The molecule has 0 amide bonds. The van der Waals surface area contributed by atoms with Gasteiger partial charge >= 0.3 is 492 Å². The second kappa shape index (κ2) is 16.2. The molecule has 5 heterocycles. The SMILES string of the molecule is CC(C)(C)c1cc2c3c(c1)-c1ccc4c(c1)-c1cc(ccc1C4(C)C)-c1cc(C(C)(C)C)cc(c1N1[C]4=[Pt]=[C]5N(c6cccc(c6)Oc6cccc(c6)N4c4ccccc41)c1ccccc1N53)-c1ccc3c(c1)-c1cc-2ccc1C3(C)C. The molecular formula is C76H62N4OPt. The van der Waals surface area contributed by atoms with Crippen molar-refractivity contribution in [1.82, 2.24) is 0 Å². The zero-order valence-corrected chi connectivity index (χ0v) is 50.3. The summed E-state index contributed by atoms with van der Waals surface area (Å²) >= 11 is -1.25. The molecule has 0 fully saturated rings. The van der Waals surface area contributed by atoms with Gasteiger partial charge in [-0.3, -0.25) is 0 Å². The van der Waals surface area contributed by atoms with E-state index in [1.807, 2.05) is 0 Å². The Morgan fingerprint density at radius 1 is 0.329 bits per heavy atom. The fourth-order valence-electron chi connectivity index (χ4n) is 14.6. The van der Waals surface area contributed by atoms with Gasteiger partial charge < -0.3 is 0 Å². The third-order valence-corrected chi connectivity index (χ3v) is 22.0. The predicted molar refractivity (Wildman–Crippen MR) is 339 cm³/mol. The van der Waals surface area contributed by atoms with E-state index in [1.165, 1.54) is 120 Å². The number of ether oxygens (including phenoxy) is 1. The van der Waals surface area contributed by atoms with Crippen LogP contribution in [0.3, 0.4) is 0 Å². The second-order valence-corrected chi connectivity index (χ2v) is 29.2. The molecule has 0 radical (unpaired) electrons. The van der Waals surface area contributed by atoms with Crippen LogP contribution in [-0.4, -0.2) is 8.29 Å².